The van der Waals surface area contributed by atoms with Gasteiger partial charge in [-0.15, -0.1) is 11.6 Å². The molecule has 0 aliphatic heterocycles. The van der Waals surface area contributed by atoms with Crippen molar-refractivity contribution in [1.29, 1.82) is 0 Å². The number of aliphatic hydroxyl groups excluding tert-OH is 1. The predicted molar refractivity (Wildman–Crippen MR) is 78.3 cm³/mol. The fourth-order valence-corrected chi connectivity index (χ4v) is 2.28. The Morgan fingerprint density at radius 1 is 1.17 bits per heavy atom. The van der Waals surface area contributed by atoms with Gasteiger partial charge in [0.2, 0.25) is 0 Å². The highest BCUT2D eigenvalue weighted by atomic mass is 35.5. The third kappa shape index (κ3) is 4.60. The van der Waals surface area contributed by atoms with Crippen LogP contribution in [0.5, 0.6) is 0 Å². The highest BCUT2D eigenvalue weighted by Gasteiger charge is 2.12. The lowest BCUT2D eigenvalue weighted by Gasteiger charge is -2.22. The van der Waals surface area contributed by atoms with Gasteiger partial charge in [0.05, 0.1) is 12.0 Å². The van der Waals surface area contributed by atoms with E-state index in [2.05, 4.69) is 49.9 Å². The molecular formula is C15H24ClNO. The van der Waals surface area contributed by atoms with Crippen molar-refractivity contribution in [2.24, 2.45) is 0 Å². The smallest absolute Gasteiger partial charge is 0.0712 e. The van der Waals surface area contributed by atoms with Gasteiger partial charge >= 0.3 is 0 Å². The third-order valence-electron chi connectivity index (χ3n) is 3.25. The van der Waals surface area contributed by atoms with Gasteiger partial charge in [-0.2, -0.15) is 0 Å². The number of aliphatic hydroxyl groups is 1. The maximum atomic E-state index is 8.96. The molecule has 0 aromatic heterocycles. The van der Waals surface area contributed by atoms with E-state index in [-0.39, 0.29) is 12.0 Å². The van der Waals surface area contributed by atoms with Gasteiger partial charge in [-0.1, -0.05) is 45.0 Å². The van der Waals surface area contributed by atoms with Gasteiger partial charge < -0.3 is 5.11 Å². The summed E-state index contributed by atoms with van der Waals surface area (Å²) in [6.45, 7) is 9.02. The number of alkyl halides is 1. The van der Waals surface area contributed by atoms with Crippen molar-refractivity contribution in [3.8, 4) is 0 Å². The summed E-state index contributed by atoms with van der Waals surface area (Å²) in [6, 6.07) is 8.52. The molecule has 1 atom stereocenters. The van der Waals surface area contributed by atoms with E-state index in [1.54, 1.807) is 0 Å². The minimum Gasteiger partial charge on any atom is -0.395 e. The average Bonchev–Trinajstić information content (AvgIpc) is 2.38. The maximum Gasteiger partial charge on any atom is 0.0712 e. The second-order valence-corrected chi connectivity index (χ2v) is 5.43. The van der Waals surface area contributed by atoms with Crippen LogP contribution in [0.1, 0.15) is 43.2 Å². The lowest BCUT2D eigenvalue weighted by Crippen LogP contribution is -2.29. The Morgan fingerprint density at radius 3 is 2.17 bits per heavy atom. The first-order valence-corrected chi connectivity index (χ1v) is 7.09. The number of hydrogen-bond donors (Lipinski definition) is 1. The molecule has 0 bridgehead atoms. The molecule has 18 heavy (non-hydrogen) atoms. The number of benzene rings is 1. The molecule has 0 saturated heterocycles. The molecule has 3 heteroatoms. The van der Waals surface area contributed by atoms with Crippen molar-refractivity contribution >= 4 is 11.6 Å². The van der Waals surface area contributed by atoms with Gasteiger partial charge in [-0.05, 0) is 23.6 Å². The van der Waals surface area contributed by atoms with Crippen LogP contribution in [-0.4, -0.2) is 36.2 Å². The van der Waals surface area contributed by atoms with Crippen LogP contribution in [0.15, 0.2) is 24.3 Å². The molecule has 0 aliphatic rings. The highest BCUT2D eigenvalue weighted by molar-refractivity contribution is 6.21. The van der Waals surface area contributed by atoms with Crippen molar-refractivity contribution in [3.05, 3.63) is 35.4 Å². The molecule has 0 saturated carbocycles. The first kappa shape index (κ1) is 15.5. The van der Waals surface area contributed by atoms with Crippen LogP contribution in [-0.2, 0) is 0 Å². The zero-order valence-corrected chi connectivity index (χ0v) is 12.3. The normalized spacial score (nSPS) is 13.3. The number of hydrogen-bond acceptors (Lipinski definition) is 2. The summed E-state index contributed by atoms with van der Waals surface area (Å²) in [6.07, 6.45) is 0. The van der Waals surface area contributed by atoms with E-state index in [9.17, 15) is 0 Å². The molecule has 1 unspecified atom stereocenters. The predicted octanol–water partition coefficient (Wildman–Crippen LogP) is 3.40. The van der Waals surface area contributed by atoms with Gasteiger partial charge in [-0.25, -0.2) is 0 Å². The van der Waals surface area contributed by atoms with Crippen LogP contribution in [0, 0.1) is 0 Å². The Kier molecular flexibility index (Phi) is 6.69. The zero-order chi connectivity index (χ0) is 13.5. The maximum absolute atomic E-state index is 8.96. The molecule has 2 nitrogen and oxygen atoms in total. The second kappa shape index (κ2) is 7.78. The van der Waals surface area contributed by atoms with Gasteiger partial charge in [0.1, 0.15) is 0 Å². The van der Waals surface area contributed by atoms with Gasteiger partial charge in [0, 0.05) is 13.1 Å². The number of likely N-dealkylation sites (N-methyl/N-ethyl adjacent to an activating group) is 1. The van der Waals surface area contributed by atoms with E-state index in [4.69, 9.17) is 16.7 Å². The van der Waals surface area contributed by atoms with Crippen LogP contribution in [0.4, 0.5) is 0 Å². The fraction of sp³-hybridized carbons (Fsp3) is 0.600. The molecule has 1 aromatic carbocycles. The molecule has 1 rings (SSSR count). The summed E-state index contributed by atoms with van der Waals surface area (Å²) in [5, 5.41) is 8.95. The summed E-state index contributed by atoms with van der Waals surface area (Å²) in [5.74, 6) is 0.550. The van der Waals surface area contributed by atoms with Crippen molar-refractivity contribution in [2.75, 3.05) is 26.2 Å². The molecule has 0 fully saturated rings. The van der Waals surface area contributed by atoms with Crippen molar-refractivity contribution in [1.82, 2.24) is 4.90 Å². The van der Waals surface area contributed by atoms with Crippen molar-refractivity contribution < 1.29 is 5.11 Å². The molecule has 0 aliphatic carbocycles. The summed E-state index contributed by atoms with van der Waals surface area (Å²) >= 11 is 6.42. The molecule has 1 N–H and O–H groups in total. The van der Waals surface area contributed by atoms with Crippen LogP contribution in [0.2, 0.25) is 0 Å². The Hall–Kier alpha value is -0.570. The minimum absolute atomic E-state index is 0.0160. The van der Waals surface area contributed by atoms with E-state index in [1.165, 1.54) is 5.56 Å². The Balaban J connectivity index is 2.63. The minimum atomic E-state index is -0.0160. The van der Waals surface area contributed by atoms with Gasteiger partial charge in [0.15, 0.2) is 0 Å². The van der Waals surface area contributed by atoms with Crippen LogP contribution in [0.3, 0.4) is 0 Å². The van der Waals surface area contributed by atoms with Crippen molar-refractivity contribution in [2.45, 2.75) is 32.1 Å². The first-order valence-electron chi connectivity index (χ1n) is 6.65. The Bertz CT molecular complexity index is 337. The summed E-state index contributed by atoms with van der Waals surface area (Å²) in [5.41, 5.74) is 2.49. The number of halogens is 1. The fourth-order valence-electron chi connectivity index (χ4n) is 1.94. The highest BCUT2D eigenvalue weighted by Crippen LogP contribution is 2.24. The lowest BCUT2D eigenvalue weighted by molar-refractivity contribution is 0.202. The summed E-state index contributed by atoms with van der Waals surface area (Å²) in [4.78, 5) is 2.16. The van der Waals surface area contributed by atoms with Gasteiger partial charge in [0.25, 0.3) is 0 Å². The largest absolute Gasteiger partial charge is 0.395 e. The zero-order valence-electron chi connectivity index (χ0n) is 11.6. The molecular weight excluding hydrogens is 246 g/mol. The third-order valence-corrected chi connectivity index (χ3v) is 3.64. The molecule has 1 aromatic rings. The lowest BCUT2D eigenvalue weighted by atomic mass is 10.0. The number of rotatable bonds is 7. The van der Waals surface area contributed by atoms with E-state index >= 15 is 0 Å². The Morgan fingerprint density at radius 2 is 1.72 bits per heavy atom. The van der Waals surface area contributed by atoms with Crippen LogP contribution in [0.25, 0.3) is 0 Å². The van der Waals surface area contributed by atoms with Gasteiger partial charge in [-0.3, -0.25) is 4.90 Å². The summed E-state index contributed by atoms with van der Waals surface area (Å²) < 4.78 is 0. The van der Waals surface area contributed by atoms with Crippen LogP contribution >= 0.6 is 11.6 Å². The Labute approximate surface area is 116 Å². The number of nitrogens with zero attached hydrogens (tertiary/aromatic N) is 1. The molecule has 0 amide bonds. The first-order chi connectivity index (χ1) is 8.58. The standard InChI is InChI=1S/C15H24ClNO/c1-4-17(9-10-18)11-15(16)14-7-5-13(6-8-14)12(2)3/h5-8,12,15,18H,4,9-11H2,1-3H3. The second-order valence-electron chi connectivity index (χ2n) is 4.91. The topological polar surface area (TPSA) is 23.5 Å². The average molecular weight is 270 g/mol. The monoisotopic (exact) mass is 269 g/mol. The van der Waals surface area contributed by atoms with E-state index in [1.807, 2.05) is 0 Å². The van der Waals surface area contributed by atoms with E-state index in [0.717, 1.165) is 18.7 Å². The van der Waals surface area contributed by atoms with E-state index in [0.29, 0.717) is 12.5 Å². The van der Waals surface area contributed by atoms with Crippen LogP contribution < -0.4 is 0 Å². The quantitative estimate of drug-likeness (QED) is 0.767. The summed E-state index contributed by atoms with van der Waals surface area (Å²) in [7, 11) is 0. The molecule has 0 spiro atoms. The molecule has 0 heterocycles. The molecule has 0 radical (unpaired) electrons. The SMILES string of the molecule is CCN(CCO)CC(Cl)c1ccc(C(C)C)cc1. The van der Waals surface area contributed by atoms with E-state index < -0.39 is 0 Å². The van der Waals surface area contributed by atoms with Crippen molar-refractivity contribution in [3.63, 3.8) is 0 Å². The molecule has 102 valence electrons.